The summed E-state index contributed by atoms with van der Waals surface area (Å²) >= 11 is 0. The van der Waals surface area contributed by atoms with E-state index in [1.165, 1.54) is 5.57 Å². The third-order valence-corrected chi connectivity index (χ3v) is 3.97. The molecule has 0 aliphatic heterocycles. The first-order valence-corrected chi connectivity index (χ1v) is 7.70. The summed E-state index contributed by atoms with van der Waals surface area (Å²) < 4.78 is 0. The van der Waals surface area contributed by atoms with E-state index in [-0.39, 0.29) is 11.3 Å². The monoisotopic (exact) mass is 286 g/mol. The minimum atomic E-state index is 0.0795. The molecule has 1 aromatic heterocycles. The Morgan fingerprint density at radius 1 is 1.43 bits per heavy atom. The van der Waals surface area contributed by atoms with Gasteiger partial charge in [-0.05, 0) is 48.8 Å². The summed E-state index contributed by atoms with van der Waals surface area (Å²) in [5.74, 6) is 0.585. The molecule has 1 aliphatic rings. The van der Waals surface area contributed by atoms with Gasteiger partial charge in [0.15, 0.2) is 0 Å². The van der Waals surface area contributed by atoms with Crippen molar-refractivity contribution in [2.24, 2.45) is 11.3 Å². The largest absolute Gasteiger partial charge is 0.397 e. The van der Waals surface area contributed by atoms with Crippen LogP contribution < -0.4 is 5.73 Å². The van der Waals surface area contributed by atoms with Crippen molar-refractivity contribution >= 4 is 17.0 Å². The second-order valence-electron chi connectivity index (χ2n) is 7.34. The minimum Gasteiger partial charge on any atom is -0.397 e. The van der Waals surface area contributed by atoms with Gasteiger partial charge in [0, 0.05) is 12.3 Å². The zero-order chi connectivity index (χ0) is 15.6. The molecule has 1 atom stereocenters. The van der Waals surface area contributed by atoms with E-state index in [0.717, 1.165) is 30.5 Å². The highest BCUT2D eigenvalue weighted by atomic mass is 16.1. The summed E-state index contributed by atoms with van der Waals surface area (Å²) in [6, 6.07) is 1.96. The predicted octanol–water partition coefficient (Wildman–Crippen LogP) is 4.16. The number of nitrogen functional groups attached to an aromatic ring is 1. The lowest BCUT2D eigenvalue weighted by Crippen LogP contribution is -2.22. The average Bonchev–Trinajstić information content (AvgIpc) is 2.37. The Labute approximate surface area is 127 Å². The molecule has 1 aliphatic carbocycles. The fraction of sp³-hybridized carbons (Fsp3) is 0.556. The van der Waals surface area contributed by atoms with Crippen LogP contribution in [0, 0.1) is 18.3 Å². The Balaban J connectivity index is 2.07. The van der Waals surface area contributed by atoms with Crippen LogP contribution in [-0.4, -0.2) is 10.8 Å². The van der Waals surface area contributed by atoms with Gasteiger partial charge < -0.3 is 5.73 Å². The number of pyridine rings is 1. The number of carbonyl (C=O) groups excluding carboxylic acids is 1. The van der Waals surface area contributed by atoms with Crippen molar-refractivity contribution in [1.29, 1.82) is 0 Å². The smallest absolute Gasteiger partial charge is 0.136 e. The van der Waals surface area contributed by atoms with Crippen molar-refractivity contribution < 1.29 is 4.79 Å². The topological polar surface area (TPSA) is 56.0 Å². The van der Waals surface area contributed by atoms with Crippen LogP contribution in [0.5, 0.6) is 0 Å². The van der Waals surface area contributed by atoms with Crippen molar-refractivity contribution in [2.45, 2.75) is 53.4 Å². The summed E-state index contributed by atoms with van der Waals surface area (Å²) in [7, 11) is 0. The van der Waals surface area contributed by atoms with Gasteiger partial charge in [-0.1, -0.05) is 26.8 Å². The second-order valence-corrected chi connectivity index (χ2v) is 7.34. The van der Waals surface area contributed by atoms with Gasteiger partial charge in [0.25, 0.3) is 0 Å². The van der Waals surface area contributed by atoms with Gasteiger partial charge in [0.05, 0.1) is 17.6 Å². The first-order valence-electron chi connectivity index (χ1n) is 7.70. The highest BCUT2D eigenvalue weighted by Crippen LogP contribution is 2.33. The number of carbonyl (C=O) groups is 1. The van der Waals surface area contributed by atoms with Gasteiger partial charge >= 0.3 is 0 Å². The normalized spacial score (nSPS) is 19.2. The average molecular weight is 286 g/mol. The SMILES string of the molecule is Cc1cc(N)cnc1C1=CCC(C(=O)CC(C)(C)C)CC1. The summed E-state index contributed by atoms with van der Waals surface area (Å²) in [6.07, 6.45) is 7.28. The molecular weight excluding hydrogens is 260 g/mol. The number of hydrogen-bond acceptors (Lipinski definition) is 3. The van der Waals surface area contributed by atoms with Gasteiger partial charge in [-0.2, -0.15) is 0 Å². The first kappa shape index (κ1) is 15.7. The Morgan fingerprint density at radius 2 is 2.14 bits per heavy atom. The quantitative estimate of drug-likeness (QED) is 0.907. The number of nitrogens with two attached hydrogens (primary N) is 1. The van der Waals surface area contributed by atoms with E-state index in [1.54, 1.807) is 6.20 Å². The molecule has 0 bridgehead atoms. The molecule has 0 spiro atoms. The van der Waals surface area contributed by atoms with E-state index in [9.17, 15) is 4.79 Å². The third-order valence-electron chi connectivity index (χ3n) is 3.97. The minimum absolute atomic E-state index is 0.0795. The van der Waals surface area contributed by atoms with Crippen LogP contribution in [-0.2, 0) is 4.79 Å². The molecule has 0 fully saturated rings. The number of aromatic nitrogens is 1. The van der Waals surface area contributed by atoms with Crippen LogP contribution in [0.2, 0.25) is 0 Å². The highest BCUT2D eigenvalue weighted by molar-refractivity contribution is 5.83. The fourth-order valence-corrected chi connectivity index (χ4v) is 2.94. The fourth-order valence-electron chi connectivity index (χ4n) is 2.94. The molecule has 3 heteroatoms. The van der Waals surface area contributed by atoms with E-state index in [0.29, 0.717) is 17.9 Å². The molecule has 21 heavy (non-hydrogen) atoms. The van der Waals surface area contributed by atoms with E-state index in [1.807, 2.05) is 13.0 Å². The molecule has 1 aromatic rings. The van der Waals surface area contributed by atoms with Crippen molar-refractivity contribution in [3.63, 3.8) is 0 Å². The van der Waals surface area contributed by atoms with Crippen LogP contribution in [0.4, 0.5) is 5.69 Å². The molecule has 0 saturated carbocycles. The zero-order valence-electron chi connectivity index (χ0n) is 13.6. The van der Waals surface area contributed by atoms with Gasteiger partial charge in [-0.15, -0.1) is 0 Å². The molecule has 0 aromatic carbocycles. The van der Waals surface area contributed by atoms with E-state index in [4.69, 9.17) is 5.73 Å². The van der Waals surface area contributed by atoms with Gasteiger partial charge in [0.1, 0.15) is 5.78 Å². The summed E-state index contributed by atoms with van der Waals surface area (Å²) in [5.41, 5.74) is 9.93. The molecule has 0 amide bonds. The second kappa shape index (κ2) is 6.00. The Kier molecular flexibility index (Phi) is 4.50. The van der Waals surface area contributed by atoms with Crippen molar-refractivity contribution in [3.8, 4) is 0 Å². The number of anilines is 1. The van der Waals surface area contributed by atoms with Crippen molar-refractivity contribution in [1.82, 2.24) is 4.98 Å². The van der Waals surface area contributed by atoms with E-state index < -0.39 is 0 Å². The number of nitrogens with zero attached hydrogens (tertiary/aromatic N) is 1. The number of rotatable bonds is 3. The number of ketones is 1. The molecule has 3 nitrogen and oxygen atoms in total. The molecule has 2 rings (SSSR count). The van der Waals surface area contributed by atoms with Crippen molar-refractivity contribution in [2.75, 3.05) is 5.73 Å². The van der Waals surface area contributed by atoms with Crippen LogP contribution in [0.1, 0.15) is 57.7 Å². The number of allylic oxidation sites excluding steroid dienone is 2. The molecule has 1 heterocycles. The lowest BCUT2D eigenvalue weighted by molar-refractivity contribution is -0.124. The van der Waals surface area contributed by atoms with Crippen molar-refractivity contribution in [3.05, 3.63) is 29.6 Å². The Hall–Kier alpha value is -1.64. The van der Waals surface area contributed by atoms with Crippen LogP contribution in [0.3, 0.4) is 0 Å². The molecule has 2 N–H and O–H groups in total. The molecule has 1 unspecified atom stereocenters. The van der Waals surface area contributed by atoms with Crippen LogP contribution in [0.15, 0.2) is 18.3 Å². The molecule has 114 valence electrons. The number of Topliss-reactive ketones (excluding diaryl/α,β-unsaturated/α-hetero) is 1. The van der Waals surface area contributed by atoms with Gasteiger partial charge in [0.2, 0.25) is 0 Å². The standard InChI is InChI=1S/C18H26N2O/c1-12-9-15(19)11-20-17(12)14-7-5-13(6-8-14)16(21)10-18(2,3)4/h7,9,11,13H,5-6,8,10,19H2,1-4H3. The first-order chi connectivity index (χ1) is 9.76. The number of aryl methyl sites for hydroxylation is 1. The summed E-state index contributed by atoms with van der Waals surface area (Å²) in [6.45, 7) is 8.40. The maximum atomic E-state index is 12.3. The van der Waals surface area contributed by atoms with E-state index in [2.05, 4.69) is 31.8 Å². The number of hydrogen-bond donors (Lipinski definition) is 1. The van der Waals surface area contributed by atoms with Crippen LogP contribution >= 0.6 is 0 Å². The maximum absolute atomic E-state index is 12.3. The molecular formula is C18H26N2O. The lowest BCUT2D eigenvalue weighted by Gasteiger charge is -2.25. The Bertz CT molecular complexity index is 567. The Morgan fingerprint density at radius 3 is 2.67 bits per heavy atom. The highest BCUT2D eigenvalue weighted by Gasteiger charge is 2.26. The van der Waals surface area contributed by atoms with Crippen LogP contribution in [0.25, 0.3) is 5.57 Å². The lowest BCUT2D eigenvalue weighted by atomic mass is 9.79. The molecule has 0 saturated heterocycles. The maximum Gasteiger partial charge on any atom is 0.136 e. The molecule has 0 radical (unpaired) electrons. The van der Waals surface area contributed by atoms with E-state index >= 15 is 0 Å². The summed E-state index contributed by atoms with van der Waals surface area (Å²) in [4.78, 5) is 16.8. The summed E-state index contributed by atoms with van der Waals surface area (Å²) in [5, 5.41) is 0. The predicted molar refractivity (Wildman–Crippen MR) is 87.8 cm³/mol. The third kappa shape index (κ3) is 4.16. The van der Waals surface area contributed by atoms with Gasteiger partial charge in [-0.25, -0.2) is 0 Å². The zero-order valence-corrected chi connectivity index (χ0v) is 13.6. The van der Waals surface area contributed by atoms with Gasteiger partial charge in [-0.3, -0.25) is 9.78 Å².